The van der Waals surface area contributed by atoms with E-state index in [-0.39, 0.29) is 6.10 Å². The molecule has 0 amide bonds. The fourth-order valence-corrected chi connectivity index (χ4v) is 1.95. The van der Waals surface area contributed by atoms with Crippen LogP contribution in [0.25, 0.3) is 0 Å². The zero-order chi connectivity index (χ0) is 13.0. The minimum absolute atomic E-state index is 0.178. The quantitative estimate of drug-likeness (QED) is 0.862. The van der Waals surface area contributed by atoms with Crippen molar-refractivity contribution in [2.75, 3.05) is 38.6 Å². The topological polar surface area (TPSA) is 61.2 Å². The molecule has 0 saturated carbocycles. The number of aromatic nitrogens is 1. The predicted molar refractivity (Wildman–Crippen MR) is 69.4 cm³/mol. The lowest BCUT2D eigenvalue weighted by Gasteiger charge is -2.30. The predicted octanol–water partition coefficient (Wildman–Crippen LogP) is 1.00. The molecule has 96 valence electrons. The first kappa shape index (κ1) is 12.8. The van der Waals surface area contributed by atoms with E-state index in [1.54, 1.807) is 0 Å². The summed E-state index contributed by atoms with van der Waals surface area (Å²) in [6.07, 6.45) is 0.178. The zero-order valence-corrected chi connectivity index (χ0v) is 10.8. The van der Waals surface area contributed by atoms with Gasteiger partial charge in [0.05, 0.1) is 12.7 Å². The van der Waals surface area contributed by atoms with Gasteiger partial charge in [0.25, 0.3) is 0 Å². The highest BCUT2D eigenvalue weighted by molar-refractivity contribution is 5.42. The number of ether oxygens (including phenoxy) is 1. The summed E-state index contributed by atoms with van der Waals surface area (Å²) in [4.78, 5) is 6.50. The summed E-state index contributed by atoms with van der Waals surface area (Å²) < 4.78 is 5.65. The molecule has 0 spiro atoms. The van der Waals surface area contributed by atoms with Gasteiger partial charge in [-0.1, -0.05) is 6.07 Å². The first-order valence-electron chi connectivity index (χ1n) is 6.11. The summed E-state index contributed by atoms with van der Waals surface area (Å²) >= 11 is 0. The SMILES string of the molecule is Cc1ccc(NCC2CN(C)CCO2)nc1C#N. The number of likely N-dealkylation sites (N-methyl/N-ethyl adjacent to an activating group) is 1. The number of aryl methyl sites for hydroxylation is 1. The van der Waals surface area contributed by atoms with E-state index in [1.165, 1.54) is 0 Å². The standard InChI is InChI=1S/C13H18N4O/c1-10-3-4-13(16-12(10)7-14)15-8-11-9-17(2)5-6-18-11/h3-4,11H,5-6,8-9H2,1-2H3,(H,15,16). The van der Waals surface area contributed by atoms with Gasteiger partial charge in [0.15, 0.2) is 0 Å². The minimum Gasteiger partial charge on any atom is -0.374 e. The van der Waals surface area contributed by atoms with E-state index in [0.29, 0.717) is 12.2 Å². The van der Waals surface area contributed by atoms with E-state index in [1.807, 2.05) is 19.1 Å². The second kappa shape index (κ2) is 5.80. The van der Waals surface area contributed by atoms with E-state index in [4.69, 9.17) is 10.00 Å². The van der Waals surface area contributed by atoms with Crippen LogP contribution in [-0.2, 0) is 4.74 Å². The molecule has 1 aromatic heterocycles. The molecule has 1 unspecified atom stereocenters. The number of hydrogen-bond acceptors (Lipinski definition) is 5. The van der Waals surface area contributed by atoms with Gasteiger partial charge in [-0.25, -0.2) is 4.98 Å². The van der Waals surface area contributed by atoms with Gasteiger partial charge in [-0.15, -0.1) is 0 Å². The van der Waals surface area contributed by atoms with Crippen LogP contribution in [0.3, 0.4) is 0 Å². The van der Waals surface area contributed by atoms with Crippen molar-refractivity contribution in [1.82, 2.24) is 9.88 Å². The maximum Gasteiger partial charge on any atom is 0.145 e. The maximum atomic E-state index is 8.92. The third-order valence-corrected chi connectivity index (χ3v) is 3.06. The van der Waals surface area contributed by atoms with Crippen LogP contribution in [-0.4, -0.2) is 49.3 Å². The van der Waals surface area contributed by atoms with Crippen LogP contribution in [0.4, 0.5) is 5.82 Å². The fraction of sp³-hybridized carbons (Fsp3) is 0.538. The molecule has 1 N–H and O–H groups in total. The summed E-state index contributed by atoms with van der Waals surface area (Å²) in [5.74, 6) is 0.731. The van der Waals surface area contributed by atoms with Crippen molar-refractivity contribution in [3.05, 3.63) is 23.4 Å². The van der Waals surface area contributed by atoms with Crippen LogP contribution >= 0.6 is 0 Å². The number of nitriles is 1. The van der Waals surface area contributed by atoms with Gasteiger partial charge in [0.1, 0.15) is 17.6 Å². The monoisotopic (exact) mass is 246 g/mol. The number of hydrogen-bond donors (Lipinski definition) is 1. The lowest BCUT2D eigenvalue weighted by molar-refractivity contribution is -0.0117. The lowest BCUT2D eigenvalue weighted by atomic mass is 10.2. The molecule has 18 heavy (non-hydrogen) atoms. The highest BCUT2D eigenvalue weighted by Gasteiger charge is 2.17. The maximum absolute atomic E-state index is 8.92. The molecule has 0 bridgehead atoms. The van der Waals surface area contributed by atoms with Crippen LogP contribution in [0.1, 0.15) is 11.3 Å². The van der Waals surface area contributed by atoms with E-state index in [9.17, 15) is 0 Å². The van der Waals surface area contributed by atoms with Crippen LogP contribution in [0.2, 0.25) is 0 Å². The largest absolute Gasteiger partial charge is 0.374 e. The van der Waals surface area contributed by atoms with E-state index in [2.05, 4.69) is 28.3 Å². The third-order valence-electron chi connectivity index (χ3n) is 3.06. The van der Waals surface area contributed by atoms with Crippen molar-refractivity contribution >= 4 is 5.82 Å². The molecule has 1 aliphatic heterocycles. The normalized spacial score (nSPS) is 20.4. The van der Waals surface area contributed by atoms with E-state index >= 15 is 0 Å². The summed E-state index contributed by atoms with van der Waals surface area (Å²) in [6.45, 7) is 5.27. The van der Waals surface area contributed by atoms with Gasteiger partial charge in [-0.05, 0) is 25.6 Å². The van der Waals surface area contributed by atoms with Crippen molar-refractivity contribution in [3.8, 4) is 6.07 Å². The molecule has 0 aliphatic carbocycles. The van der Waals surface area contributed by atoms with Crippen LogP contribution in [0.15, 0.2) is 12.1 Å². The van der Waals surface area contributed by atoms with Crippen LogP contribution in [0.5, 0.6) is 0 Å². The van der Waals surface area contributed by atoms with Gasteiger partial charge in [0, 0.05) is 19.6 Å². The molecule has 5 heteroatoms. The molecule has 2 heterocycles. The number of nitrogens with one attached hydrogen (secondary N) is 1. The summed E-state index contributed by atoms with van der Waals surface area (Å²) in [5.41, 5.74) is 1.37. The Labute approximate surface area is 107 Å². The van der Waals surface area contributed by atoms with Crippen LogP contribution in [0, 0.1) is 18.3 Å². The van der Waals surface area contributed by atoms with Crippen LogP contribution < -0.4 is 5.32 Å². The average molecular weight is 246 g/mol. The minimum atomic E-state index is 0.178. The number of anilines is 1. The number of rotatable bonds is 3. The van der Waals surface area contributed by atoms with Gasteiger partial charge in [-0.2, -0.15) is 5.26 Å². The smallest absolute Gasteiger partial charge is 0.145 e. The fourth-order valence-electron chi connectivity index (χ4n) is 1.95. The van der Waals surface area contributed by atoms with E-state index in [0.717, 1.165) is 31.1 Å². The molecule has 1 aromatic rings. The van der Waals surface area contributed by atoms with Gasteiger partial charge in [-0.3, -0.25) is 0 Å². The third kappa shape index (κ3) is 3.19. The highest BCUT2D eigenvalue weighted by Crippen LogP contribution is 2.10. The Hall–Kier alpha value is -1.64. The Morgan fingerprint density at radius 1 is 1.61 bits per heavy atom. The number of nitrogens with zero attached hydrogens (tertiary/aromatic N) is 3. The van der Waals surface area contributed by atoms with E-state index < -0.39 is 0 Å². The highest BCUT2D eigenvalue weighted by atomic mass is 16.5. The molecule has 5 nitrogen and oxygen atoms in total. The van der Waals surface area contributed by atoms with Gasteiger partial charge >= 0.3 is 0 Å². The Morgan fingerprint density at radius 2 is 2.44 bits per heavy atom. The molecule has 1 atom stereocenters. The molecule has 1 aliphatic rings. The molecular weight excluding hydrogens is 228 g/mol. The number of morpholine rings is 1. The number of pyridine rings is 1. The second-order valence-corrected chi connectivity index (χ2v) is 4.61. The Morgan fingerprint density at radius 3 is 3.17 bits per heavy atom. The zero-order valence-electron chi connectivity index (χ0n) is 10.8. The average Bonchev–Trinajstić information content (AvgIpc) is 2.38. The lowest BCUT2D eigenvalue weighted by Crippen LogP contribution is -2.43. The first-order chi connectivity index (χ1) is 8.69. The van der Waals surface area contributed by atoms with Crippen molar-refractivity contribution in [2.45, 2.75) is 13.0 Å². The summed E-state index contributed by atoms with van der Waals surface area (Å²) in [6, 6.07) is 5.89. The summed E-state index contributed by atoms with van der Waals surface area (Å²) in [5, 5.41) is 12.1. The molecule has 1 fully saturated rings. The molecule has 0 aromatic carbocycles. The Kier molecular flexibility index (Phi) is 4.13. The molecule has 2 rings (SSSR count). The molecular formula is C13H18N4O. The van der Waals surface area contributed by atoms with Gasteiger partial charge < -0.3 is 15.0 Å². The summed E-state index contributed by atoms with van der Waals surface area (Å²) in [7, 11) is 2.09. The van der Waals surface area contributed by atoms with Crippen molar-refractivity contribution in [1.29, 1.82) is 5.26 Å². The van der Waals surface area contributed by atoms with Crippen molar-refractivity contribution in [2.24, 2.45) is 0 Å². The van der Waals surface area contributed by atoms with Crippen molar-refractivity contribution < 1.29 is 4.74 Å². The first-order valence-corrected chi connectivity index (χ1v) is 6.11. The van der Waals surface area contributed by atoms with Gasteiger partial charge in [0.2, 0.25) is 0 Å². The molecule has 1 saturated heterocycles. The Bertz CT molecular complexity index is 455. The molecule has 0 radical (unpaired) electrons. The second-order valence-electron chi connectivity index (χ2n) is 4.61. The van der Waals surface area contributed by atoms with Crippen molar-refractivity contribution in [3.63, 3.8) is 0 Å². The Balaban J connectivity index is 1.92.